The molecule has 0 aliphatic carbocycles. The smallest absolute Gasteiger partial charge is 0.309 e. The molecule has 0 aromatic heterocycles. The lowest BCUT2D eigenvalue weighted by Crippen LogP contribution is -2.26. The Morgan fingerprint density at radius 3 is 2.55 bits per heavy atom. The molecule has 1 aromatic carbocycles. The highest BCUT2D eigenvalue weighted by atomic mass is 16.5. The summed E-state index contributed by atoms with van der Waals surface area (Å²) in [7, 11) is 1.44. The number of esters is 1. The van der Waals surface area contributed by atoms with Crippen molar-refractivity contribution in [1.82, 2.24) is 10.2 Å². The maximum atomic E-state index is 11.5. The Morgan fingerprint density at radius 2 is 1.90 bits per heavy atom. The number of carbonyl (C=O) groups is 1. The summed E-state index contributed by atoms with van der Waals surface area (Å²) >= 11 is 0. The molecule has 1 N–H and O–H groups in total. The van der Waals surface area contributed by atoms with Gasteiger partial charge in [0, 0.05) is 19.6 Å². The molecule has 0 amide bonds. The molecule has 2 aliphatic rings. The van der Waals surface area contributed by atoms with Crippen molar-refractivity contribution >= 4 is 5.97 Å². The van der Waals surface area contributed by atoms with Gasteiger partial charge in [-0.25, -0.2) is 0 Å². The van der Waals surface area contributed by atoms with Gasteiger partial charge in [0.05, 0.1) is 13.5 Å². The first-order valence-electron chi connectivity index (χ1n) is 7.33. The molecule has 20 heavy (non-hydrogen) atoms. The average Bonchev–Trinajstić information content (AvgIpc) is 3.01. The summed E-state index contributed by atoms with van der Waals surface area (Å²) in [5.74, 6) is 1.45. The number of nitrogens with zero attached hydrogens (tertiary/aromatic N) is 1. The van der Waals surface area contributed by atoms with Crippen LogP contribution in [0.3, 0.4) is 0 Å². The van der Waals surface area contributed by atoms with Gasteiger partial charge in [-0.1, -0.05) is 24.3 Å². The van der Waals surface area contributed by atoms with Gasteiger partial charge >= 0.3 is 5.97 Å². The Kier molecular flexibility index (Phi) is 4.03. The van der Waals surface area contributed by atoms with Crippen LogP contribution in [0.2, 0.25) is 0 Å². The molecule has 2 heterocycles. The van der Waals surface area contributed by atoms with Gasteiger partial charge in [0.1, 0.15) is 0 Å². The molecule has 1 aromatic rings. The van der Waals surface area contributed by atoms with E-state index in [0.29, 0.717) is 6.42 Å². The number of rotatable bonds is 4. The van der Waals surface area contributed by atoms with Crippen molar-refractivity contribution in [2.45, 2.75) is 13.0 Å². The highest BCUT2D eigenvalue weighted by Gasteiger charge is 2.35. The Bertz CT molecular complexity index is 477. The second kappa shape index (κ2) is 5.94. The van der Waals surface area contributed by atoms with Gasteiger partial charge in [-0.05, 0) is 36.1 Å². The van der Waals surface area contributed by atoms with Crippen molar-refractivity contribution in [3.05, 3.63) is 35.4 Å². The molecule has 2 fully saturated rings. The number of fused-ring (bicyclic) bond motifs is 1. The zero-order valence-electron chi connectivity index (χ0n) is 12.0. The van der Waals surface area contributed by atoms with Crippen molar-refractivity contribution in [1.29, 1.82) is 0 Å². The van der Waals surface area contributed by atoms with Crippen molar-refractivity contribution in [2.24, 2.45) is 11.8 Å². The fraction of sp³-hybridized carbons (Fsp3) is 0.562. The van der Waals surface area contributed by atoms with Gasteiger partial charge in [-0.3, -0.25) is 9.69 Å². The lowest BCUT2D eigenvalue weighted by molar-refractivity contribution is -0.139. The summed E-state index contributed by atoms with van der Waals surface area (Å²) in [5.41, 5.74) is 2.35. The summed E-state index contributed by atoms with van der Waals surface area (Å²) in [4.78, 5) is 14.0. The zero-order valence-corrected chi connectivity index (χ0v) is 12.0. The molecule has 3 rings (SSSR count). The third-order valence-corrected chi connectivity index (χ3v) is 4.54. The number of nitrogens with one attached hydrogen (secondary N) is 1. The summed E-state index contributed by atoms with van der Waals surface area (Å²) in [5, 5.41) is 3.47. The minimum Gasteiger partial charge on any atom is -0.469 e. The summed E-state index contributed by atoms with van der Waals surface area (Å²) in [6, 6.07) is 8.20. The van der Waals surface area contributed by atoms with Crippen LogP contribution in [0.5, 0.6) is 0 Å². The van der Waals surface area contributed by atoms with E-state index in [1.165, 1.54) is 25.8 Å². The first-order chi connectivity index (χ1) is 9.76. The second-order valence-corrected chi connectivity index (χ2v) is 5.89. The van der Waals surface area contributed by atoms with Crippen molar-refractivity contribution in [3.8, 4) is 0 Å². The largest absolute Gasteiger partial charge is 0.469 e. The monoisotopic (exact) mass is 274 g/mol. The topological polar surface area (TPSA) is 41.6 Å². The zero-order chi connectivity index (χ0) is 13.9. The number of benzene rings is 1. The number of methoxy groups -OCH3 is 1. The third-order valence-electron chi connectivity index (χ3n) is 4.54. The molecule has 4 heteroatoms. The molecular weight excluding hydrogens is 252 g/mol. The van der Waals surface area contributed by atoms with Gasteiger partial charge < -0.3 is 10.1 Å². The maximum Gasteiger partial charge on any atom is 0.309 e. The molecule has 2 atom stereocenters. The van der Waals surface area contributed by atoms with E-state index in [-0.39, 0.29) is 5.97 Å². The van der Waals surface area contributed by atoms with E-state index in [9.17, 15) is 4.79 Å². The average molecular weight is 274 g/mol. The number of carbonyl (C=O) groups excluding carboxylic acids is 1. The van der Waals surface area contributed by atoms with E-state index in [0.717, 1.165) is 37.0 Å². The van der Waals surface area contributed by atoms with E-state index in [2.05, 4.69) is 22.3 Å². The van der Waals surface area contributed by atoms with E-state index < -0.39 is 0 Å². The minimum atomic E-state index is -0.167. The molecule has 0 radical (unpaired) electrons. The standard InChI is InChI=1S/C16H22N2O2/c1-20-16(19)6-12-4-2-3-5-13(12)9-18-10-14-7-17-8-15(14)11-18/h2-5,14-15,17H,6-11H2,1H3. The van der Waals surface area contributed by atoms with Crippen LogP contribution < -0.4 is 5.32 Å². The van der Waals surface area contributed by atoms with Gasteiger partial charge in [0.2, 0.25) is 0 Å². The summed E-state index contributed by atoms with van der Waals surface area (Å²) < 4.78 is 4.78. The fourth-order valence-electron chi connectivity index (χ4n) is 3.43. The van der Waals surface area contributed by atoms with Crippen molar-refractivity contribution < 1.29 is 9.53 Å². The van der Waals surface area contributed by atoms with E-state index in [1.54, 1.807) is 0 Å². The van der Waals surface area contributed by atoms with E-state index in [1.807, 2.05) is 12.1 Å². The predicted octanol–water partition coefficient (Wildman–Crippen LogP) is 1.05. The van der Waals surface area contributed by atoms with Crippen LogP contribution in [0.1, 0.15) is 11.1 Å². The minimum absolute atomic E-state index is 0.167. The highest BCUT2D eigenvalue weighted by Crippen LogP contribution is 2.28. The molecule has 0 spiro atoms. The first-order valence-corrected chi connectivity index (χ1v) is 7.33. The summed E-state index contributed by atoms with van der Waals surface area (Å²) in [6.07, 6.45) is 0.370. The van der Waals surface area contributed by atoms with Gasteiger partial charge in [-0.15, -0.1) is 0 Å². The normalized spacial score (nSPS) is 25.6. The fourth-order valence-corrected chi connectivity index (χ4v) is 3.43. The molecule has 4 nitrogen and oxygen atoms in total. The maximum absolute atomic E-state index is 11.5. The summed E-state index contributed by atoms with van der Waals surface area (Å²) in [6.45, 7) is 5.60. The molecular formula is C16H22N2O2. The number of hydrogen-bond acceptors (Lipinski definition) is 4. The molecule has 0 saturated carbocycles. The quantitative estimate of drug-likeness (QED) is 0.834. The number of ether oxygens (including phenoxy) is 1. The van der Waals surface area contributed by atoms with Crippen LogP contribution in [0.15, 0.2) is 24.3 Å². The molecule has 2 aliphatic heterocycles. The Hall–Kier alpha value is -1.39. The van der Waals surface area contributed by atoms with Crippen LogP contribution in [0.25, 0.3) is 0 Å². The lowest BCUT2D eigenvalue weighted by Gasteiger charge is -2.19. The SMILES string of the molecule is COC(=O)Cc1ccccc1CN1CC2CNCC2C1. The van der Waals surface area contributed by atoms with Crippen molar-refractivity contribution in [2.75, 3.05) is 33.3 Å². The van der Waals surface area contributed by atoms with Crippen LogP contribution in [-0.2, 0) is 22.5 Å². The molecule has 2 saturated heterocycles. The van der Waals surface area contributed by atoms with Crippen molar-refractivity contribution in [3.63, 3.8) is 0 Å². The Labute approximate surface area is 120 Å². The number of hydrogen-bond donors (Lipinski definition) is 1. The Morgan fingerprint density at radius 1 is 1.25 bits per heavy atom. The van der Waals surface area contributed by atoms with Crippen LogP contribution in [0, 0.1) is 11.8 Å². The second-order valence-electron chi connectivity index (χ2n) is 5.89. The lowest BCUT2D eigenvalue weighted by atomic mass is 10.0. The molecule has 2 unspecified atom stereocenters. The first kappa shape index (κ1) is 13.6. The van der Waals surface area contributed by atoms with Gasteiger partial charge in [-0.2, -0.15) is 0 Å². The predicted molar refractivity (Wildman–Crippen MR) is 77.3 cm³/mol. The third kappa shape index (κ3) is 2.86. The molecule has 108 valence electrons. The van der Waals surface area contributed by atoms with E-state index >= 15 is 0 Å². The van der Waals surface area contributed by atoms with Crippen LogP contribution in [-0.4, -0.2) is 44.2 Å². The number of likely N-dealkylation sites (tertiary alicyclic amines) is 1. The van der Waals surface area contributed by atoms with Crippen LogP contribution in [0.4, 0.5) is 0 Å². The van der Waals surface area contributed by atoms with Gasteiger partial charge in [0.25, 0.3) is 0 Å². The Balaban J connectivity index is 1.66. The van der Waals surface area contributed by atoms with Gasteiger partial charge in [0.15, 0.2) is 0 Å². The highest BCUT2D eigenvalue weighted by molar-refractivity contribution is 5.72. The van der Waals surface area contributed by atoms with E-state index in [4.69, 9.17) is 4.74 Å². The molecule has 0 bridgehead atoms. The van der Waals surface area contributed by atoms with Crippen LogP contribution >= 0.6 is 0 Å².